The van der Waals surface area contributed by atoms with E-state index in [-0.39, 0.29) is 30.1 Å². The zero-order valence-electron chi connectivity index (χ0n) is 8.58. The number of hydrogen-bond acceptors (Lipinski definition) is 2. The first-order chi connectivity index (χ1) is 6.07. The predicted molar refractivity (Wildman–Crippen MR) is 50.3 cm³/mol. The number of carbonyl (C=O) groups is 1. The summed E-state index contributed by atoms with van der Waals surface area (Å²) in [6.07, 6.45) is 0. The zero-order valence-corrected chi connectivity index (χ0v) is 9.98. The molecule has 0 aromatic carbocycles. The molecular formula is C9H15N3OV. The molecule has 5 heteroatoms. The van der Waals surface area contributed by atoms with Crippen molar-refractivity contribution in [2.24, 2.45) is 0 Å². The summed E-state index contributed by atoms with van der Waals surface area (Å²) < 4.78 is 0. The van der Waals surface area contributed by atoms with Gasteiger partial charge in [0.05, 0.1) is 5.54 Å². The normalized spacial score (nSPS) is 31.6. The molecule has 1 atom stereocenters. The van der Waals surface area contributed by atoms with Crippen molar-refractivity contribution in [1.29, 1.82) is 0 Å². The minimum Gasteiger partial charge on any atom is -0.312 e. The van der Waals surface area contributed by atoms with Crippen molar-refractivity contribution in [3.63, 3.8) is 0 Å². The Morgan fingerprint density at radius 1 is 1.57 bits per heavy atom. The molecule has 2 aliphatic rings. The molecule has 1 N–H and O–H groups in total. The molecule has 1 unspecified atom stereocenters. The number of carbonyl (C=O) groups excluding carboxylic acids is 1. The summed E-state index contributed by atoms with van der Waals surface area (Å²) in [6.45, 7) is 8.48. The number of rotatable bonds is 0. The van der Waals surface area contributed by atoms with E-state index in [4.69, 9.17) is 0 Å². The Kier molecular flexibility index (Phi) is 3.00. The quantitative estimate of drug-likeness (QED) is 0.648. The van der Waals surface area contributed by atoms with Crippen molar-refractivity contribution in [2.75, 3.05) is 26.7 Å². The molecule has 0 saturated carbocycles. The largest absolute Gasteiger partial charge is 0.324 e. The van der Waals surface area contributed by atoms with E-state index in [0.717, 1.165) is 25.3 Å². The van der Waals surface area contributed by atoms with E-state index in [0.29, 0.717) is 0 Å². The number of nitrogens with zero attached hydrogens (tertiary/aromatic N) is 2. The molecule has 1 radical (unpaired) electrons. The fourth-order valence-corrected chi connectivity index (χ4v) is 2.09. The van der Waals surface area contributed by atoms with Crippen LogP contribution in [0.5, 0.6) is 0 Å². The van der Waals surface area contributed by atoms with Gasteiger partial charge in [0.2, 0.25) is 0 Å². The summed E-state index contributed by atoms with van der Waals surface area (Å²) in [5.74, 6) is 0. The SMILES string of the molecule is C=C1N(C)C(=O)N2CCNCC12C.[V]. The first-order valence-corrected chi connectivity index (χ1v) is 4.53. The van der Waals surface area contributed by atoms with E-state index in [1.807, 2.05) is 4.90 Å². The average molecular weight is 232 g/mol. The Bertz CT molecular complexity index is 281. The number of piperazine rings is 1. The van der Waals surface area contributed by atoms with Gasteiger partial charge in [0, 0.05) is 50.9 Å². The third-order valence-corrected chi connectivity index (χ3v) is 3.12. The molecule has 0 spiro atoms. The summed E-state index contributed by atoms with van der Waals surface area (Å²) in [5, 5.41) is 3.29. The summed E-state index contributed by atoms with van der Waals surface area (Å²) in [6, 6.07) is 0.0778. The second-order valence-electron chi connectivity index (χ2n) is 3.89. The molecule has 4 nitrogen and oxygen atoms in total. The van der Waals surface area contributed by atoms with E-state index in [2.05, 4.69) is 18.8 Å². The topological polar surface area (TPSA) is 35.6 Å². The van der Waals surface area contributed by atoms with Crippen LogP contribution in [0, 0.1) is 0 Å². The van der Waals surface area contributed by atoms with E-state index >= 15 is 0 Å². The third kappa shape index (κ3) is 1.29. The molecule has 0 aliphatic carbocycles. The van der Waals surface area contributed by atoms with Gasteiger partial charge < -0.3 is 10.2 Å². The van der Waals surface area contributed by atoms with Crippen molar-refractivity contribution < 1.29 is 23.4 Å². The summed E-state index contributed by atoms with van der Waals surface area (Å²) in [7, 11) is 1.79. The fraction of sp³-hybridized carbons (Fsp3) is 0.667. The molecule has 0 aromatic rings. The van der Waals surface area contributed by atoms with Crippen LogP contribution in [0.3, 0.4) is 0 Å². The van der Waals surface area contributed by atoms with Crippen LogP contribution in [-0.4, -0.2) is 48.1 Å². The Labute approximate surface area is 96.2 Å². The minimum atomic E-state index is -0.204. The number of likely N-dealkylation sites (N-methyl/N-ethyl adjacent to an activating group) is 1. The van der Waals surface area contributed by atoms with Crippen LogP contribution in [0.1, 0.15) is 6.92 Å². The average Bonchev–Trinajstić information content (AvgIpc) is 2.29. The van der Waals surface area contributed by atoms with E-state index in [1.54, 1.807) is 11.9 Å². The summed E-state index contributed by atoms with van der Waals surface area (Å²) >= 11 is 0. The van der Waals surface area contributed by atoms with Gasteiger partial charge in [0.1, 0.15) is 0 Å². The molecule has 77 valence electrons. The Hall–Kier alpha value is -0.446. The van der Waals surface area contributed by atoms with Crippen LogP contribution in [0.25, 0.3) is 0 Å². The fourth-order valence-electron chi connectivity index (χ4n) is 2.09. The number of nitrogens with one attached hydrogen (secondary N) is 1. The van der Waals surface area contributed by atoms with Gasteiger partial charge in [-0.05, 0) is 6.92 Å². The first kappa shape index (κ1) is 11.6. The van der Waals surface area contributed by atoms with Crippen LogP contribution >= 0.6 is 0 Å². The molecule has 2 heterocycles. The Balaban J connectivity index is 0.000000980. The van der Waals surface area contributed by atoms with Gasteiger partial charge in [-0.3, -0.25) is 4.90 Å². The number of hydrogen-bond donors (Lipinski definition) is 1. The second kappa shape index (κ2) is 3.61. The van der Waals surface area contributed by atoms with Gasteiger partial charge in [-0.15, -0.1) is 0 Å². The molecule has 0 bridgehead atoms. The molecule has 2 aliphatic heterocycles. The van der Waals surface area contributed by atoms with Gasteiger partial charge in [-0.2, -0.15) is 0 Å². The first-order valence-electron chi connectivity index (χ1n) is 4.53. The van der Waals surface area contributed by atoms with Crippen molar-refractivity contribution in [2.45, 2.75) is 12.5 Å². The van der Waals surface area contributed by atoms with Gasteiger partial charge in [-0.25, -0.2) is 4.79 Å². The smallest absolute Gasteiger partial charge is 0.312 e. The van der Waals surface area contributed by atoms with Crippen LogP contribution in [-0.2, 0) is 18.6 Å². The van der Waals surface area contributed by atoms with E-state index in [1.165, 1.54) is 0 Å². The number of urea groups is 1. The molecule has 14 heavy (non-hydrogen) atoms. The van der Waals surface area contributed by atoms with Crippen molar-refractivity contribution in [3.05, 3.63) is 12.3 Å². The molecule has 2 rings (SSSR count). The molecule has 0 aromatic heterocycles. The molecular weight excluding hydrogens is 217 g/mol. The van der Waals surface area contributed by atoms with E-state index < -0.39 is 0 Å². The maximum atomic E-state index is 11.7. The number of fused-ring (bicyclic) bond motifs is 1. The van der Waals surface area contributed by atoms with Gasteiger partial charge >= 0.3 is 6.03 Å². The summed E-state index contributed by atoms with van der Waals surface area (Å²) in [4.78, 5) is 15.3. The monoisotopic (exact) mass is 232 g/mol. The molecule has 2 fully saturated rings. The summed E-state index contributed by atoms with van der Waals surface area (Å²) in [5.41, 5.74) is 0.689. The van der Waals surface area contributed by atoms with E-state index in [9.17, 15) is 4.79 Å². The predicted octanol–water partition coefficient (Wildman–Crippen LogP) is 0.227. The zero-order chi connectivity index (χ0) is 9.64. The standard InChI is InChI=1S/C9H15N3O.V/c1-7-9(2)6-10-4-5-12(9)8(13)11(7)3;/h10H,1,4-6H2,2-3H3;. The van der Waals surface area contributed by atoms with Crippen molar-refractivity contribution in [3.8, 4) is 0 Å². The maximum absolute atomic E-state index is 11.7. The number of amides is 2. The Morgan fingerprint density at radius 2 is 2.21 bits per heavy atom. The Morgan fingerprint density at radius 3 is 2.79 bits per heavy atom. The minimum absolute atomic E-state index is 0. The van der Waals surface area contributed by atoms with Crippen LogP contribution in [0.2, 0.25) is 0 Å². The van der Waals surface area contributed by atoms with Gasteiger partial charge in [-0.1, -0.05) is 6.58 Å². The van der Waals surface area contributed by atoms with Gasteiger partial charge in [0.15, 0.2) is 0 Å². The van der Waals surface area contributed by atoms with Crippen molar-refractivity contribution in [1.82, 2.24) is 15.1 Å². The van der Waals surface area contributed by atoms with Crippen LogP contribution < -0.4 is 5.32 Å². The molecule has 2 saturated heterocycles. The van der Waals surface area contributed by atoms with Crippen LogP contribution in [0.4, 0.5) is 4.79 Å². The van der Waals surface area contributed by atoms with Gasteiger partial charge in [0.25, 0.3) is 0 Å². The van der Waals surface area contributed by atoms with Crippen molar-refractivity contribution >= 4 is 6.03 Å². The maximum Gasteiger partial charge on any atom is 0.324 e. The van der Waals surface area contributed by atoms with Crippen LogP contribution in [0.15, 0.2) is 12.3 Å². The second-order valence-corrected chi connectivity index (χ2v) is 3.89. The molecule has 2 amide bonds. The third-order valence-electron chi connectivity index (χ3n) is 3.12.